The molecule has 0 fully saturated rings. The third-order valence-corrected chi connectivity index (χ3v) is 2.52. The Labute approximate surface area is 112 Å². The van der Waals surface area contributed by atoms with Crippen molar-refractivity contribution in [3.63, 3.8) is 0 Å². The Kier molecular flexibility index (Phi) is 4.23. The number of nitrogens with zero attached hydrogens (tertiary/aromatic N) is 2. The van der Waals surface area contributed by atoms with E-state index in [1.165, 1.54) is 5.56 Å². The van der Waals surface area contributed by atoms with Gasteiger partial charge in [0.1, 0.15) is 0 Å². The van der Waals surface area contributed by atoms with Crippen molar-refractivity contribution >= 4 is 5.97 Å². The maximum Gasteiger partial charge on any atom is 0.363 e. The molecular weight excluding hydrogens is 240 g/mol. The van der Waals surface area contributed by atoms with Gasteiger partial charge in [-0.3, -0.25) is 0 Å². The fourth-order valence-corrected chi connectivity index (χ4v) is 1.71. The summed E-state index contributed by atoms with van der Waals surface area (Å²) in [5.74, 6) is -0.391. The lowest BCUT2D eigenvalue weighted by molar-refractivity contribution is -0.689. The van der Waals surface area contributed by atoms with E-state index < -0.39 is 5.97 Å². The molecule has 0 bridgehead atoms. The second-order valence-electron chi connectivity index (χ2n) is 4.55. The van der Waals surface area contributed by atoms with Crippen LogP contribution >= 0.6 is 0 Å². The average Bonchev–Trinajstić information content (AvgIpc) is 2.39. The molecule has 0 saturated carbocycles. The van der Waals surface area contributed by atoms with Crippen LogP contribution in [0.15, 0.2) is 48.9 Å². The lowest BCUT2D eigenvalue weighted by Crippen LogP contribution is -2.35. The van der Waals surface area contributed by atoms with E-state index in [1.807, 2.05) is 54.9 Å². The largest absolute Gasteiger partial charge is 0.458 e. The van der Waals surface area contributed by atoms with Crippen LogP contribution in [-0.2, 0) is 11.3 Å². The van der Waals surface area contributed by atoms with Crippen molar-refractivity contribution in [1.82, 2.24) is 4.98 Å². The van der Waals surface area contributed by atoms with Gasteiger partial charge in [-0.05, 0) is 13.8 Å². The molecular formula is C15H17N2O2+. The standard InChI is InChI=1S/C15H17N2O2/c1-12(2)19-15(18)14-11-17(9-8-16-14)10-13-6-4-3-5-7-13/h3-9,11-12H,10H2,1-2H3/q+1. The molecule has 0 unspecified atom stereocenters. The zero-order valence-corrected chi connectivity index (χ0v) is 11.1. The van der Waals surface area contributed by atoms with Crippen molar-refractivity contribution in [2.45, 2.75) is 26.5 Å². The first-order valence-corrected chi connectivity index (χ1v) is 6.25. The molecule has 0 aliphatic carbocycles. The SMILES string of the molecule is CC(C)OC(=O)c1c[n+](Cc2ccccc2)ccn1. The van der Waals surface area contributed by atoms with Crippen LogP contribution in [0.2, 0.25) is 0 Å². The molecule has 0 radical (unpaired) electrons. The Morgan fingerprint density at radius 1 is 1.32 bits per heavy atom. The molecule has 1 aromatic heterocycles. The first-order chi connectivity index (χ1) is 9.15. The summed E-state index contributed by atoms with van der Waals surface area (Å²) in [6.45, 7) is 4.34. The Hall–Kier alpha value is -2.23. The highest BCUT2D eigenvalue weighted by molar-refractivity contribution is 5.86. The molecule has 0 N–H and O–H groups in total. The Morgan fingerprint density at radius 3 is 2.74 bits per heavy atom. The number of carbonyl (C=O) groups is 1. The first-order valence-electron chi connectivity index (χ1n) is 6.25. The fraction of sp³-hybridized carbons (Fsp3) is 0.267. The molecule has 0 amide bonds. The van der Waals surface area contributed by atoms with Crippen molar-refractivity contribution in [3.05, 3.63) is 60.2 Å². The number of hydrogen-bond donors (Lipinski definition) is 0. The van der Waals surface area contributed by atoms with Crippen molar-refractivity contribution in [3.8, 4) is 0 Å². The molecule has 4 nitrogen and oxygen atoms in total. The zero-order chi connectivity index (χ0) is 13.7. The smallest absolute Gasteiger partial charge is 0.363 e. The van der Waals surface area contributed by atoms with Crippen molar-refractivity contribution in [1.29, 1.82) is 0 Å². The normalized spacial score (nSPS) is 10.5. The molecule has 1 aromatic carbocycles. The predicted octanol–water partition coefficient (Wildman–Crippen LogP) is 1.98. The van der Waals surface area contributed by atoms with Gasteiger partial charge in [0, 0.05) is 5.56 Å². The van der Waals surface area contributed by atoms with Gasteiger partial charge in [0.2, 0.25) is 11.9 Å². The Bertz CT molecular complexity index is 553. The molecule has 98 valence electrons. The van der Waals surface area contributed by atoms with E-state index >= 15 is 0 Å². The van der Waals surface area contributed by atoms with E-state index in [0.717, 1.165) is 0 Å². The number of hydrogen-bond acceptors (Lipinski definition) is 3. The lowest BCUT2D eigenvalue weighted by Gasteiger charge is -2.06. The summed E-state index contributed by atoms with van der Waals surface area (Å²) in [6, 6.07) is 10.0. The molecule has 19 heavy (non-hydrogen) atoms. The summed E-state index contributed by atoms with van der Waals surface area (Å²) in [7, 11) is 0. The highest BCUT2D eigenvalue weighted by Crippen LogP contribution is 2.00. The highest BCUT2D eigenvalue weighted by Gasteiger charge is 2.15. The minimum atomic E-state index is -0.391. The summed E-state index contributed by atoms with van der Waals surface area (Å²) in [5.41, 5.74) is 1.49. The monoisotopic (exact) mass is 257 g/mol. The van der Waals surface area contributed by atoms with Crippen LogP contribution in [-0.4, -0.2) is 17.1 Å². The topological polar surface area (TPSA) is 43.1 Å². The van der Waals surface area contributed by atoms with Crippen LogP contribution in [0.1, 0.15) is 29.9 Å². The molecule has 0 saturated heterocycles. The van der Waals surface area contributed by atoms with Gasteiger partial charge in [-0.25, -0.2) is 9.78 Å². The number of aromatic nitrogens is 2. The maximum atomic E-state index is 11.8. The van der Waals surface area contributed by atoms with E-state index in [9.17, 15) is 4.79 Å². The summed E-state index contributed by atoms with van der Waals surface area (Å²) < 4.78 is 7.04. The Morgan fingerprint density at radius 2 is 2.05 bits per heavy atom. The van der Waals surface area contributed by atoms with Crippen molar-refractivity contribution in [2.75, 3.05) is 0 Å². The maximum absolute atomic E-state index is 11.8. The molecule has 2 aromatic rings. The molecule has 4 heteroatoms. The van der Waals surface area contributed by atoms with Crippen LogP contribution in [0.5, 0.6) is 0 Å². The van der Waals surface area contributed by atoms with Crippen LogP contribution < -0.4 is 4.57 Å². The summed E-state index contributed by atoms with van der Waals surface area (Å²) in [4.78, 5) is 15.8. The summed E-state index contributed by atoms with van der Waals surface area (Å²) >= 11 is 0. The molecule has 0 aliphatic heterocycles. The van der Waals surface area contributed by atoms with E-state index in [4.69, 9.17) is 4.74 Å². The van der Waals surface area contributed by atoms with Gasteiger partial charge >= 0.3 is 5.97 Å². The summed E-state index contributed by atoms with van der Waals surface area (Å²) in [5, 5.41) is 0. The van der Waals surface area contributed by atoms with Gasteiger partial charge in [0.05, 0.1) is 12.3 Å². The van der Waals surface area contributed by atoms with Gasteiger partial charge in [-0.1, -0.05) is 30.3 Å². The number of carbonyl (C=O) groups excluding carboxylic acids is 1. The molecule has 2 rings (SSSR count). The highest BCUT2D eigenvalue weighted by atomic mass is 16.5. The number of ether oxygens (including phenoxy) is 1. The molecule has 0 spiro atoms. The van der Waals surface area contributed by atoms with Crippen molar-refractivity contribution in [2.24, 2.45) is 0 Å². The molecule has 1 heterocycles. The minimum Gasteiger partial charge on any atom is -0.458 e. The average molecular weight is 257 g/mol. The van der Waals surface area contributed by atoms with Crippen LogP contribution in [0.4, 0.5) is 0 Å². The second-order valence-corrected chi connectivity index (χ2v) is 4.55. The first kappa shape index (κ1) is 13.2. The Balaban J connectivity index is 2.13. The minimum absolute atomic E-state index is 0.142. The summed E-state index contributed by atoms with van der Waals surface area (Å²) in [6.07, 6.45) is 5.01. The lowest BCUT2D eigenvalue weighted by atomic mass is 10.2. The van der Waals surface area contributed by atoms with Crippen LogP contribution in [0.3, 0.4) is 0 Å². The number of benzene rings is 1. The quantitative estimate of drug-likeness (QED) is 0.621. The van der Waals surface area contributed by atoms with Gasteiger partial charge in [-0.2, -0.15) is 4.57 Å². The van der Waals surface area contributed by atoms with Crippen LogP contribution in [0, 0.1) is 0 Å². The van der Waals surface area contributed by atoms with Gasteiger partial charge in [-0.15, -0.1) is 0 Å². The number of rotatable bonds is 4. The fourth-order valence-electron chi connectivity index (χ4n) is 1.71. The van der Waals surface area contributed by atoms with Gasteiger partial charge in [0.15, 0.2) is 12.7 Å². The van der Waals surface area contributed by atoms with Crippen LogP contribution in [0.25, 0.3) is 0 Å². The van der Waals surface area contributed by atoms with E-state index in [2.05, 4.69) is 4.98 Å². The predicted molar refractivity (Wildman–Crippen MR) is 70.5 cm³/mol. The van der Waals surface area contributed by atoms with E-state index in [0.29, 0.717) is 12.2 Å². The van der Waals surface area contributed by atoms with Gasteiger partial charge in [0.25, 0.3) is 0 Å². The molecule has 0 aliphatic rings. The zero-order valence-electron chi connectivity index (χ0n) is 11.1. The van der Waals surface area contributed by atoms with Gasteiger partial charge < -0.3 is 4.74 Å². The van der Waals surface area contributed by atoms with Crippen molar-refractivity contribution < 1.29 is 14.1 Å². The third kappa shape index (κ3) is 3.88. The number of esters is 1. The second kappa shape index (κ2) is 6.09. The third-order valence-electron chi connectivity index (χ3n) is 2.52. The molecule has 0 atom stereocenters. The van der Waals surface area contributed by atoms with E-state index in [1.54, 1.807) is 12.4 Å². The van der Waals surface area contributed by atoms with E-state index in [-0.39, 0.29) is 6.10 Å².